The molecule has 0 heterocycles. The fraction of sp³-hybridized carbons (Fsp3) is 0.811. The van der Waals surface area contributed by atoms with Gasteiger partial charge in [0.1, 0.15) is 19.3 Å². The lowest BCUT2D eigenvalue weighted by Crippen LogP contribution is -2.47. The Morgan fingerprint density at radius 1 is 0.417 bits per heavy atom. The summed E-state index contributed by atoms with van der Waals surface area (Å²) in [4.78, 5) is 37.9. The number of ether oxygens (including phenoxy) is 1. The van der Waals surface area contributed by atoms with Crippen LogP contribution in [0.15, 0.2) is 72.9 Å². The van der Waals surface area contributed by atoms with E-state index in [1.807, 2.05) is 33.3 Å². The highest BCUT2D eigenvalue weighted by atomic mass is 31.2. The Bertz CT molecular complexity index is 1670. The maximum Gasteiger partial charge on any atom is 0.472 e. The van der Waals surface area contributed by atoms with Crippen molar-refractivity contribution in [2.24, 2.45) is 0 Å². The van der Waals surface area contributed by atoms with E-state index in [2.05, 4.69) is 86.8 Å². The van der Waals surface area contributed by atoms with Crippen molar-refractivity contribution in [3.05, 3.63) is 72.9 Å². The van der Waals surface area contributed by atoms with Crippen molar-refractivity contribution >= 4 is 19.7 Å². The van der Waals surface area contributed by atoms with Crippen molar-refractivity contribution in [3.8, 4) is 0 Å². The summed E-state index contributed by atoms with van der Waals surface area (Å²) in [6.07, 6.45) is 83.3. The molecule has 0 bridgehead atoms. The third-order valence-electron chi connectivity index (χ3n) is 15.9. The third kappa shape index (κ3) is 63.9. The van der Waals surface area contributed by atoms with Crippen LogP contribution in [0.4, 0.5) is 0 Å². The molecule has 0 aromatic heterocycles. The molecule has 10 heteroatoms. The molecule has 0 saturated carbocycles. The molecule has 1 amide bonds. The monoisotopic (exact) mass is 1200 g/mol. The zero-order valence-corrected chi connectivity index (χ0v) is 57.0. The summed E-state index contributed by atoms with van der Waals surface area (Å²) in [6.45, 7) is 6.99. The van der Waals surface area contributed by atoms with Crippen LogP contribution in [0, 0.1) is 0 Å². The minimum Gasteiger partial charge on any atom is -0.456 e. The highest BCUT2D eigenvalue weighted by Gasteiger charge is 2.30. The number of quaternary nitrogens is 1. The topological polar surface area (TPSA) is 111 Å². The van der Waals surface area contributed by atoms with Crippen molar-refractivity contribution in [1.82, 2.24) is 5.32 Å². The molecule has 0 rings (SSSR count). The third-order valence-corrected chi connectivity index (χ3v) is 16.9. The zero-order valence-electron chi connectivity index (χ0n) is 56.1. The molecule has 0 aromatic carbocycles. The number of phosphoric acid groups is 1. The Kier molecular flexibility index (Phi) is 61.5. The fourth-order valence-electron chi connectivity index (χ4n) is 10.3. The number of phosphoric ester groups is 1. The van der Waals surface area contributed by atoms with Gasteiger partial charge in [-0.15, -0.1) is 0 Å². The number of esters is 1. The van der Waals surface area contributed by atoms with Crippen LogP contribution in [-0.4, -0.2) is 74.3 Å². The highest BCUT2D eigenvalue weighted by Crippen LogP contribution is 2.43. The van der Waals surface area contributed by atoms with Gasteiger partial charge in [-0.3, -0.25) is 18.6 Å². The molecule has 0 aliphatic heterocycles. The molecule has 0 saturated heterocycles. The lowest BCUT2D eigenvalue weighted by atomic mass is 10.0. The molecule has 0 spiro atoms. The smallest absolute Gasteiger partial charge is 0.456 e. The first kappa shape index (κ1) is 81.5. The number of carbonyl (C=O) groups is 2. The number of carbonyl (C=O) groups excluding carboxylic acids is 2. The summed E-state index contributed by atoms with van der Waals surface area (Å²) in [5, 5.41) is 3.07. The van der Waals surface area contributed by atoms with Crippen LogP contribution in [0.1, 0.15) is 335 Å². The van der Waals surface area contributed by atoms with Gasteiger partial charge in [-0.1, -0.05) is 293 Å². The molecule has 2 N–H and O–H groups in total. The van der Waals surface area contributed by atoms with Gasteiger partial charge in [-0.25, -0.2) is 4.57 Å². The number of hydrogen-bond acceptors (Lipinski definition) is 6. The Labute approximate surface area is 521 Å². The number of allylic oxidation sites excluding steroid dienone is 11. The van der Waals surface area contributed by atoms with E-state index in [-0.39, 0.29) is 31.5 Å². The quantitative estimate of drug-likeness (QED) is 0.0205. The van der Waals surface area contributed by atoms with Gasteiger partial charge in [0.15, 0.2) is 0 Å². The molecule has 0 aliphatic rings. The Hall–Kier alpha value is -2.55. The normalized spacial score (nSPS) is 13.9. The second-order valence-electron chi connectivity index (χ2n) is 25.4. The van der Waals surface area contributed by atoms with Crippen LogP contribution in [0.5, 0.6) is 0 Å². The van der Waals surface area contributed by atoms with Crippen molar-refractivity contribution < 1.29 is 37.3 Å². The predicted octanol–water partition coefficient (Wildman–Crippen LogP) is 22.7. The van der Waals surface area contributed by atoms with Gasteiger partial charge in [0.05, 0.1) is 33.8 Å². The summed E-state index contributed by atoms with van der Waals surface area (Å²) in [6, 6.07) is -0.853. The van der Waals surface area contributed by atoms with E-state index >= 15 is 0 Å². The average molecular weight is 1200 g/mol. The van der Waals surface area contributed by atoms with Crippen LogP contribution in [0.2, 0.25) is 0 Å². The number of rotatable bonds is 65. The maximum atomic E-state index is 13.6. The standard InChI is InChI=1S/C74H137N2O7P/c1-7-10-13-16-19-22-25-28-30-32-34-36-38-40-42-44-46-48-51-54-57-60-63-66-73(77)75-71(70-82-84(79,80)81-69-68-76(4,5)6)72(65-62-59-56-53-50-27-24-21-18-15-12-9-3)83-74(78)67-64-61-58-55-52-49-47-45-43-41-39-37-35-33-31-29-26-23-20-17-14-11-8-2/h19-20,22-23,28-31,35,37,62,65,71-72H,7-18,21,24-27,32-34,36,38-61,63-64,66-70H2,1-6H3,(H-,75,77,79,80)/p+1/b22-19-,23-20-,30-28-,31-29-,37-35-,65-62+. The van der Waals surface area contributed by atoms with Gasteiger partial charge in [-0.2, -0.15) is 0 Å². The molecule has 0 aliphatic carbocycles. The summed E-state index contributed by atoms with van der Waals surface area (Å²) in [5.41, 5.74) is 0. The minimum absolute atomic E-state index is 0.0385. The van der Waals surface area contributed by atoms with Crippen molar-refractivity contribution in [2.75, 3.05) is 40.9 Å². The molecule has 3 unspecified atom stereocenters. The summed E-state index contributed by atoms with van der Waals surface area (Å²) >= 11 is 0. The second kappa shape index (κ2) is 63.5. The molecule has 9 nitrogen and oxygen atoms in total. The lowest BCUT2D eigenvalue weighted by molar-refractivity contribution is -0.870. The van der Waals surface area contributed by atoms with Crippen LogP contribution in [0.3, 0.4) is 0 Å². The molecule has 3 atom stereocenters. The predicted molar refractivity (Wildman–Crippen MR) is 365 cm³/mol. The molecule has 0 aromatic rings. The van der Waals surface area contributed by atoms with E-state index in [0.717, 1.165) is 77.0 Å². The second-order valence-corrected chi connectivity index (χ2v) is 26.9. The summed E-state index contributed by atoms with van der Waals surface area (Å²) in [7, 11) is 1.50. The largest absolute Gasteiger partial charge is 0.472 e. The van der Waals surface area contributed by atoms with E-state index in [4.69, 9.17) is 13.8 Å². The van der Waals surface area contributed by atoms with Gasteiger partial charge in [-0.05, 0) is 102 Å². The van der Waals surface area contributed by atoms with E-state index in [9.17, 15) is 19.0 Å². The first-order chi connectivity index (χ1) is 40.9. The fourth-order valence-corrected chi connectivity index (χ4v) is 11.1. The van der Waals surface area contributed by atoms with E-state index in [1.165, 1.54) is 225 Å². The minimum atomic E-state index is -4.46. The summed E-state index contributed by atoms with van der Waals surface area (Å²) in [5.74, 6) is -0.500. The van der Waals surface area contributed by atoms with Crippen molar-refractivity contribution in [1.29, 1.82) is 0 Å². The van der Waals surface area contributed by atoms with Crippen LogP contribution in [-0.2, 0) is 27.9 Å². The lowest BCUT2D eigenvalue weighted by Gasteiger charge is -2.27. The number of nitrogens with zero attached hydrogens (tertiary/aromatic N) is 1. The van der Waals surface area contributed by atoms with Gasteiger partial charge in [0.2, 0.25) is 5.91 Å². The Morgan fingerprint density at radius 3 is 1.11 bits per heavy atom. The maximum absolute atomic E-state index is 13.6. The van der Waals surface area contributed by atoms with Crippen LogP contribution < -0.4 is 5.32 Å². The SMILES string of the molecule is CCCCC/C=C\C/C=C\C/C=C\CCCCCCCCCCCCC(=O)OC(/C=C/CCCCCCCCCCCC)C(COP(=O)(O)OCC[N+](C)(C)C)NC(=O)CCCCCCCCCCCCCCC/C=C\C/C=C\CCCCC. The first-order valence-corrected chi connectivity index (χ1v) is 37.3. The summed E-state index contributed by atoms with van der Waals surface area (Å²) < 4.78 is 30.8. The van der Waals surface area contributed by atoms with Gasteiger partial charge in [0.25, 0.3) is 0 Å². The molecule has 0 fully saturated rings. The van der Waals surface area contributed by atoms with Gasteiger partial charge in [0, 0.05) is 12.8 Å². The Morgan fingerprint density at radius 2 is 0.726 bits per heavy atom. The van der Waals surface area contributed by atoms with E-state index in [0.29, 0.717) is 17.4 Å². The van der Waals surface area contributed by atoms with Gasteiger partial charge < -0.3 is 19.4 Å². The average Bonchev–Trinajstić information content (AvgIpc) is 3.65. The van der Waals surface area contributed by atoms with Crippen LogP contribution >= 0.6 is 7.82 Å². The first-order valence-electron chi connectivity index (χ1n) is 35.8. The zero-order chi connectivity index (χ0) is 61.4. The van der Waals surface area contributed by atoms with Gasteiger partial charge >= 0.3 is 13.8 Å². The number of likely N-dealkylation sites (N-methyl/N-ethyl adjacent to an activating group) is 1. The number of unbranched alkanes of at least 4 members (excludes halogenated alkanes) is 39. The number of hydrogen-bond donors (Lipinski definition) is 2. The van der Waals surface area contributed by atoms with E-state index in [1.54, 1.807) is 0 Å². The molecule has 0 radical (unpaired) electrons. The Balaban J connectivity index is 5.07. The van der Waals surface area contributed by atoms with Crippen molar-refractivity contribution in [2.45, 2.75) is 348 Å². The molecule has 490 valence electrons. The molecule has 84 heavy (non-hydrogen) atoms. The molecular weight excluding hydrogens is 1060 g/mol. The van der Waals surface area contributed by atoms with Crippen molar-refractivity contribution in [3.63, 3.8) is 0 Å². The highest BCUT2D eigenvalue weighted by molar-refractivity contribution is 7.47. The van der Waals surface area contributed by atoms with E-state index < -0.39 is 20.0 Å². The number of nitrogens with one attached hydrogen (secondary N) is 1. The van der Waals surface area contributed by atoms with Crippen LogP contribution in [0.25, 0.3) is 0 Å². The number of amides is 1. The molecular formula is C74H138N2O7P+.